The number of aliphatic hydroxyl groups excluding tert-OH is 1. The third-order valence-corrected chi connectivity index (χ3v) is 3.49. The second-order valence-electron chi connectivity index (χ2n) is 3.84. The minimum atomic E-state index is -1.15. The molecule has 2 aliphatic rings. The lowest BCUT2D eigenvalue weighted by atomic mass is 9.78. The van der Waals surface area contributed by atoms with Gasteiger partial charge in [0.25, 0.3) is 0 Å². The van der Waals surface area contributed by atoms with Crippen LogP contribution < -0.4 is 0 Å². The molecule has 15 heavy (non-hydrogen) atoms. The predicted octanol–water partition coefficient (Wildman–Crippen LogP) is -1.62. The van der Waals surface area contributed by atoms with Crippen molar-refractivity contribution in [1.29, 1.82) is 0 Å². The Kier molecular flexibility index (Phi) is 3.38. The molecule has 0 spiro atoms. The van der Waals surface area contributed by atoms with Gasteiger partial charge in [-0.15, -0.1) is 0 Å². The van der Waals surface area contributed by atoms with Crippen molar-refractivity contribution in [1.82, 2.24) is 0 Å². The highest BCUT2D eigenvalue weighted by atomic mass is 31.1. The first-order valence-electron chi connectivity index (χ1n) is 4.94. The van der Waals surface area contributed by atoms with Crippen LogP contribution in [0.5, 0.6) is 0 Å². The number of hydrogen-bond donors (Lipinski definition) is 2. The maximum atomic E-state index is 10.4. The standard InChI is InChI=1S/C8H14BO5P/c9-7-8(11,1-2-10)6-5(14-7)3-13-15-4-12-6/h5-7,10-11,15H,1-3,9H2/t5?,6-,7?,8-/m1/s1. The Hall–Kier alpha value is -0.0551. The molecule has 2 N–H and O–H groups in total. The zero-order chi connectivity index (χ0) is 10.9. The third-order valence-electron chi connectivity index (χ3n) is 2.97. The fourth-order valence-corrected chi connectivity index (χ4v) is 2.56. The van der Waals surface area contributed by atoms with Crippen LogP contribution in [0.25, 0.3) is 0 Å². The maximum absolute atomic E-state index is 10.4. The first kappa shape index (κ1) is 11.4. The van der Waals surface area contributed by atoms with E-state index in [1.54, 1.807) is 7.85 Å². The second kappa shape index (κ2) is 4.44. The van der Waals surface area contributed by atoms with Crippen LogP contribution in [-0.4, -0.2) is 55.1 Å². The molecule has 0 saturated carbocycles. The predicted molar refractivity (Wildman–Crippen MR) is 56.9 cm³/mol. The lowest BCUT2D eigenvalue weighted by Gasteiger charge is -2.30. The fraction of sp³-hybridized carbons (Fsp3) is 0.875. The summed E-state index contributed by atoms with van der Waals surface area (Å²) >= 11 is 0. The Morgan fingerprint density at radius 2 is 2.40 bits per heavy atom. The van der Waals surface area contributed by atoms with Crippen molar-refractivity contribution in [3.05, 3.63) is 0 Å². The molecule has 0 aromatic heterocycles. The Morgan fingerprint density at radius 3 is 3.13 bits per heavy atom. The van der Waals surface area contributed by atoms with Crippen LogP contribution in [0.4, 0.5) is 0 Å². The molecule has 0 aromatic carbocycles. The van der Waals surface area contributed by atoms with Crippen LogP contribution in [0, 0.1) is 5.81 Å². The SMILES string of the molecule is BC1OC2CO[PH]#CO[C@H]2[C@]1(O)CCO. The minimum Gasteiger partial charge on any atom is -0.396 e. The van der Waals surface area contributed by atoms with E-state index in [0.29, 0.717) is 6.61 Å². The van der Waals surface area contributed by atoms with Crippen molar-refractivity contribution in [2.75, 3.05) is 13.2 Å². The van der Waals surface area contributed by atoms with Gasteiger partial charge in [-0.05, 0) is 0 Å². The van der Waals surface area contributed by atoms with Crippen LogP contribution in [0.15, 0.2) is 0 Å². The summed E-state index contributed by atoms with van der Waals surface area (Å²) in [4.78, 5) is 0. The van der Waals surface area contributed by atoms with Crippen LogP contribution in [0.1, 0.15) is 6.42 Å². The smallest absolute Gasteiger partial charge is 0.143 e. The molecule has 0 aliphatic carbocycles. The van der Waals surface area contributed by atoms with Gasteiger partial charge in [-0.1, -0.05) is 0 Å². The van der Waals surface area contributed by atoms with Gasteiger partial charge in [0.2, 0.25) is 0 Å². The molecular formula is C8H14BO5P. The highest BCUT2D eigenvalue weighted by Gasteiger charge is 2.54. The summed E-state index contributed by atoms with van der Waals surface area (Å²) in [5.74, 6) is 2.64. The molecule has 0 amide bonds. The van der Waals surface area contributed by atoms with E-state index >= 15 is 0 Å². The van der Waals surface area contributed by atoms with Gasteiger partial charge >= 0.3 is 0 Å². The molecule has 84 valence electrons. The summed E-state index contributed by atoms with van der Waals surface area (Å²) in [6.45, 7) is 0.300. The van der Waals surface area contributed by atoms with Crippen LogP contribution in [-0.2, 0) is 14.0 Å². The summed E-state index contributed by atoms with van der Waals surface area (Å²) in [6, 6.07) is -0.369. The van der Waals surface area contributed by atoms with E-state index in [9.17, 15) is 5.11 Å². The van der Waals surface area contributed by atoms with E-state index in [1.165, 1.54) is 0 Å². The zero-order valence-corrected chi connectivity index (χ0v) is 9.47. The molecule has 1 saturated heterocycles. The molecule has 5 nitrogen and oxygen atoms in total. The van der Waals surface area contributed by atoms with Gasteiger partial charge in [0.15, 0.2) is 0 Å². The average Bonchev–Trinajstić information content (AvgIpc) is 2.42. The van der Waals surface area contributed by atoms with Gasteiger partial charge in [-0.3, -0.25) is 4.74 Å². The Balaban J connectivity index is 2.20. The van der Waals surface area contributed by atoms with E-state index in [4.69, 9.17) is 19.1 Å². The van der Waals surface area contributed by atoms with Crippen LogP contribution in [0.2, 0.25) is 0 Å². The van der Waals surface area contributed by atoms with Crippen LogP contribution in [0.3, 0.4) is 0 Å². The lowest BCUT2D eigenvalue weighted by molar-refractivity contribution is -0.0698. The number of hydrogen-bond acceptors (Lipinski definition) is 5. The highest BCUT2D eigenvalue weighted by Crippen LogP contribution is 2.36. The molecule has 3 unspecified atom stereocenters. The van der Waals surface area contributed by atoms with Gasteiger partial charge in [0, 0.05) is 27.1 Å². The first-order chi connectivity index (χ1) is 7.18. The number of fused-ring (bicyclic) bond motifs is 1. The maximum Gasteiger partial charge on any atom is 0.143 e. The van der Waals surface area contributed by atoms with Gasteiger partial charge < -0.3 is 19.5 Å². The Morgan fingerprint density at radius 1 is 1.60 bits per heavy atom. The fourth-order valence-electron chi connectivity index (χ4n) is 2.07. The molecule has 5 atom stereocenters. The van der Waals surface area contributed by atoms with Gasteiger partial charge in [0.1, 0.15) is 25.7 Å². The monoisotopic (exact) mass is 232 g/mol. The average molecular weight is 232 g/mol. The van der Waals surface area contributed by atoms with Crippen molar-refractivity contribution in [3.63, 3.8) is 0 Å². The number of aliphatic hydroxyl groups is 2. The second-order valence-corrected chi connectivity index (χ2v) is 4.53. The molecule has 0 radical (unpaired) electrons. The topological polar surface area (TPSA) is 68.2 Å². The normalized spacial score (nSPS) is 45.6. The van der Waals surface area contributed by atoms with Crippen LogP contribution >= 0.6 is 8.26 Å². The molecule has 0 aromatic rings. The van der Waals surface area contributed by atoms with Gasteiger partial charge in [-0.25, -0.2) is 0 Å². The van der Waals surface area contributed by atoms with E-state index in [0.717, 1.165) is 0 Å². The van der Waals surface area contributed by atoms with Crippen molar-refractivity contribution in [3.8, 4) is 5.81 Å². The van der Waals surface area contributed by atoms with Gasteiger partial charge in [0.05, 0.1) is 12.6 Å². The molecule has 2 rings (SSSR count). The first-order valence-corrected chi connectivity index (χ1v) is 5.85. The molecule has 2 aliphatic heterocycles. The lowest BCUT2D eigenvalue weighted by Crippen LogP contribution is -2.50. The Bertz CT molecular complexity index is 303. The highest BCUT2D eigenvalue weighted by molar-refractivity contribution is 7.20. The zero-order valence-electron chi connectivity index (χ0n) is 8.47. The third kappa shape index (κ3) is 1.95. The van der Waals surface area contributed by atoms with E-state index in [1.807, 2.05) is 0 Å². The molecule has 7 heteroatoms. The quantitative estimate of drug-likeness (QED) is 0.442. The van der Waals surface area contributed by atoms with Gasteiger partial charge in [-0.2, -0.15) is 0 Å². The molecule has 2 heterocycles. The summed E-state index contributed by atoms with van der Waals surface area (Å²) in [6.07, 6.45) is -0.533. The molecule has 0 bridgehead atoms. The van der Waals surface area contributed by atoms with E-state index in [-0.39, 0.29) is 33.4 Å². The minimum absolute atomic E-state index is 0.0481. The van der Waals surface area contributed by atoms with E-state index in [2.05, 4.69) is 5.81 Å². The summed E-state index contributed by atoms with van der Waals surface area (Å²) in [5, 5.41) is 19.3. The largest absolute Gasteiger partial charge is 0.396 e. The number of rotatable bonds is 2. The van der Waals surface area contributed by atoms with Crippen molar-refractivity contribution >= 4 is 16.1 Å². The van der Waals surface area contributed by atoms with E-state index < -0.39 is 11.7 Å². The Labute approximate surface area is 90.3 Å². The summed E-state index contributed by atoms with van der Waals surface area (Å²) < 4.78 is 16.1. The summed E-state index contributed by atoms with van der Waals surface area (Å²) in [5.41, 5.74) is -1.15. The van der Waals surface area contributed by atoms with Crippen molar-refractivity contribution in [2.24, 2.45) is 0 Å². The number of ether oxygens (including phenoxy) is 2. The van der Waals surface area contributed by atoms with Crippen molar-refractivity contribution in [2.45, 2.75) is 30.2 Å². The molecule has 1 fully saturated rings. The molecular weight excluding hydrogens is 218 g/mol. The van der Waals surface area contributed by atoms with Crippen molar-refractivity contribution < 1.29 is 24.2 Å². The summed E-state index contributed by atoms with van der Waals surface area (Å²) in [7, 11) is 1.82.